The summed E-state index contributed by atoms with van der Waals surface area (Å²) in [6.45, 7) is 0. The Morgan fingerprint density at radius 1 is 1.50 bits per heavy atom. The van der Waals surface area contributed by atoms with Gasteiger partial charge in [-0.3, -0.25) is 4.79 Å². The summed E-state index contributed by atoms with van der Waals surface area (Å²) in [5.41, 5.74) is 11.2. The molecule has 4 heteroatoms. The first kappa shape index (κ1) is 8.52. The molecule has 0 saturated heterocycles. The van der Waals surface area contributed by atoms with Crippen LogP contribution in [0.5, 0.6) is 0 Å². The molecule has 0 saturated carbocycles. The standard InChI is InChI=1S/C8H9FN2O/c9-6-2-1-5(3-8(11)12)7(10)4-6/h1-2,4H,3,10H2,(H2,11,12). The van der Waals surface area contributed by atoms with Gasteiger partial charge in [0, 0.05) is 5.69 Å². The number of hydrogen-bond acceptors (Lipinski definition) is 2. The molecule has 0 aromatic heterocycles. The van der Waals surface area contributed by atoms with E-state index in [-0.39, 0.29) is 12.1 Å². The Hall–Kier alpha value is -1.58. The SMILES string of the molecule is NC(=O)Cc1ccc(F)cc1N. The second-order valence-corrected chi connectivity index (χ2v) is 2.49. The first-order valence-corrected chi connectivity index (χ1v) is 3.42. The van der Waals surface area contributed by atoms with E-state index in [4.69, 9.17) is 11.5 Å². The van der Waals surface area contributed by atoms with Crippen LogP contribution in [0.25, 0.3) is 0 Å². The van der Waals surface area contributed by atoms with Crippen molar-refractivity contribution in [3.8, 4) is 0 Å². The minimum atomic E-state index is -0.478. The van der Waals surface area contributed by atoms with Crippen LogP contribution in [0.3, 0.4) is 0 Å². The summed E-state index contributed by atoms with van der Waals surface area (Å²) < 4.78 is 12.5. The molecule has 0 heterocycles. The molecular formula is C8H9FN2O. The number of rotatable bonds is 2. The van der Waals surface area contributed by atoms with Crippen LogP contribution in [0.4, 0.5) is 10.1 Å². The van der Waals surface area contributed by atoms with Gasteiger partial charge in [-0.25, -0.2) is 4.39 Å². The monoisotopic (exact) mass is 168 g/mol. The fourth-order valence-electron chi connectivity index (χ4n) is 0.914. The largest absolute Gasteiger partial charge is 0.398 e. The molecule has 0 spiro atoms. The summed E-state index contributed by atoms with van der Waals surface area (Å²) in [6.07, 6.45) is 0.0477. The first-order valence-electron chi connectivity index (χ1n) is 3.42. The Balaban J connectivity index is 2.93. The van der Waals surface area contributed by atoms with Gasteiger partial charge in [-0.1, -0.05) is 6.07 Å². The predicted octanol–water partition coefficient (Wildman–Crippen LogP) is 0.436. The van der Waals surface area contributed by atoms with Crippen LogP contribution in [-0.4, -0.2) is 5.91 Å². The molecule has 0 unspecified atom stereocenters. The Labute approximate surface area is 69.2 Å². The van der Waals surface area contributed by atoms with E-state index in [0.717, 1.165) is 6.07 Å². The Kier molecular flexibility index (Phi) is 2.28. The topological polar surface area (TPSA) is 69.1 Å². The molecule has 3 nitrogen and oxygen atoms in total. The summed E-state index contributed by atoms with van der Waals surface area (Å²) in [6, 6.07) is 3.86. The summed E-state index contributed by atoms with van der Waals surface area (Å²) in [4.78, 5) is 10.5. The zero-order valence-electron chi connectivity index (χ0n) is 6.38. The lowest BCUT2D eigenvalue weighted by Gasteiger charge is -2.01. The highest BCUT2D eigenvalue weighted by atomic mass is 19.1. The molecule has 0 bridgehead atoms. The smallest absolute Gasteiger partial charge is 0.221 e. The molecule has 1 aromatic carbocycles. The van der Waals surface area contributed by atoms with Gasteiger partial charge >= 0.3 is 0 Å². The first-order chi connectivity index (χ1) is 5.59. The molecule has 0 radical (unpaired) electrons. The Morgan fingerprint density at radius 2 is 2.17 bits per heavy atom. The molecule has 0 aliphatic carbocycles. The Bertz CT molecular complexity index is 312. The van der Waals surface area contributed by atoms with Gasteiger partial charge in [0.2, 0.25) is 5.91 Å². The number of amides is 1. The number of halogens is 1. The molecule has 1 rings (SSSR count). The van der Waals surface area contributed by atoms with E-state index in [1.165, 1.54) is 12.1 Å². The van der Waals surface area contributed by atoms with Crippen molar-refractivity contribution in [2.24, 2.45) is 5.73 Å². The molecule has 1 aromatic rings. The number of carbonyl (C=O) groups excluding carboxylic acids is 1. The van der Waals surface area contributed by atoms with Gasteiger partial charge in [0.1, 0.15) is 5.82 Å². The summed E-state index contributed by atoms with van der Waals surface area (Å²) in [7, 11) is 0. The maximum absolute atomic E-state index is 12.5. The van der Waals surface area contributed by atoms with Gasteiger partial charge in [0.15, 0.2) is 0 Å². The fourth-order valence-corrected chi connectivity index (χ4v) is 0.914. The number of nitrogen functional groups attached to an aromatic ring is 1. The molecule has 12 heavy (non-hydrogen) atoms. The number of benzene rings is 1. The molecule has 64 valence electrons. The van der Waals surface area contributed by atoms with Crippen molar-refractivity contribution in [3.63, 3.8) is 0 Å². The number of primary amides is 1. The normalized spacial score (nSPS) is 9.75. The van der Waals surface area contributed by atoms with Crippen LogP contribution in [0.1, 0.15) is 5.56 Å². The van der Waals surface area contributed by atoms with Crippen molar-refractivity contribution in [1.29, 1.82) is 0 Å². The number of hydrogen-bond donors (Lipinski definition) is 2. The van der Waals surface area contributed by atoms with Crippen molar-refractivity contribution in [2.45, 2.75) is 6.42 Å². The maximum Gasteiger partial charge on any atom is 0.221 e. The van der Waals surface area contributed by atoms with Crippen LogP contribution in [-0.2, 0) is 11.2 Å². The van der Waals surface area contributed by atoms with Crippen LogP contribution >= 0.6 is 0 Å². The van der Waals surface area contributed by atoms with Crippen LogP contribution in [0.2, 0.25) is 0 Å². The van der Waals surface area contributed by atoms with E-state index in [1.807, 2.05) is 0 Å². The van der Waals surface area contributed by atoms with Gasteiger partial charge in [0.25, 0.3) is 0 Å². The molecule has 0 aliphatic rings. The second kappa shape index (κ2) is 3.21. The summed E-state index contributed by atoms with van der Waals surface area (Å²) in [5.74, 6) is -0.894. The summed E-state index contributed by atoms with van der Waals surface area (Å²) >= 11 is 0. The van der Waals surface area contributed by atoms with Crippen molar-refractivity contribution in [3.05, 3.63) is 29.6 Å². The van der Waals surface area contributed by atoms with E-state index in [9.17, 15) is 9.18 Å². The lowest BCUT2D eigenvalue weighted by Crippen LogP contribution is -2.14. The minimum Gasteiger partial charge on any atom is -0.398 e. The van der Waals surface area contributed by atoms with Crippen LogP contribution in [0, 0.1) is 5.82 Å². The lowest BCUT2D eigenvalue weighted by atomic mass is 10.1. The van der Waals surface area contributed by atoms with Gasteiger partial charge < -0.3 is 11.5 Å². The molecule has 4 N–H and O–H groups in total. The third-order valence-electron chi connectivity index (χ3n) is 1.47. The molecular weight excluding hydrogens is 159 g/mol. The van der Waals surface area contributed by atoms with E-state index >= 15 is 0 Å². The average Bonchev–Trinajstić information content (AvgIpc) is 1.94. The number of carbonyl (C=O) groups is 1. The van der Waals surface area contributed by atoms with E-state index in [2.05, 4.69) is 0 Å². The quantitative estimate of drug-likeness (QED) is 0.629. The minimum absolute atomic E-state index is 0.0477. The van der Waals surface area contributed by atoms with Crippen LogP contribution < -0.4 is 11.5 Å². The van der Waals surface area contributed by atoms with E-state index in [1.54, 1.807) is 0 Å². The third-order valence-corrected chi connectivity index (χ3v) is 1.47. The molecule has 0 atom stereocenters. The van der Waals surface area contributed by atoms with Crippen molar-refractivity contribution < 1.29 is 9.18 Å². The van der Waals surface area contributed by atoms with Gasteiger partial charge in [-0.05, 0) is 17.7 Å². The number of nitrogens with two attached hydrogens (primary N) is 2. The highest BCUT2D eigenvalue weighted by molar-refractivity contribution is 5.78. The average molecular weight is 168 g/mol. The zero-order valence-corrected chi connectivity index (χ0v) is 6.38. The van der Waals surface area contributed by atoms with Gasteiger partial charge in [-0.15, -0.1) is 0 Å². The van der Waals surface area contributed by atoms with Gasteiger partial charge in [-0.2, -0.15) is 0 Å². The highest BCUT2D eigenvalue weighted by Gasteiger charge is 2.03. The fraction of sp³-hybridized carbons (Fsp3) is 0.125. The van der Waals surface area contributed by atoms with Crippen molar-refractivity contribution in [2.75, 3.05) is 5.73 Å². The van der Waals surface area contributed by atoms with Crippen LogP contribution in [0.15, 0.2) is 18.2 Å². The zero-order chi connectivity index (χ0) is 9.14. The number of anilines is 1. The Morgan fingerprint density at radius 3 is 2.67 bits per heavy atom. The van der Waals surface area contributed by atoms with Crippen molar-refractivity contribution in [1.82, 2.24) is 0 Å². The van der Waals surface area contributed by atoms with E-state index in [0.29, 0.717) is 5.56 Å². The second-order valence-electron chi connectivity index (χ2n) is 2.49. The highest BCUT2D eigenvalue weighted by Crippen LogP contribution is 2.13. The maximum atomic E-state index is 12.5. The van der Waals surface area contributed by atoms with E-state index < -0.39 is 11.7 Å². The predicted molar refractivity (Wildman–Crippen MR) is 43.7 cm³/mol. The van der Waals surface area contributed by atoms with Crippen molar-refractivity contribution >= 4 is 11.6 Å². The molecule has 1 amide bonds. The third kappa shape index (κ3) is 1.95. The molecule has 0 fully saturated rings. The summed E-state index contributed by atoms with van der Waals surface area (Å²) in [5, 5.41) is 0. The molecule has 0 aliphatic heterocycles. The lowest BCUT2D eigenvalue weighted by molar-refractivity contribution is -0.117. The van der Waals surface area contributed by atoms with Gasteiger partial charge in [0.05, 0.1) is 6.42 Å².